The second kappa shape index (κ2) is 5.41. The second-order valence-corrected chi connectivity index (χ2v) is 2.35. The molecule has 0 aliphatic heterocycles. The maximum atomic E-state index is 8.93. The van der Waals surface area contributed by atoms with E-state index in [1.165, 1.54) is 0 Å². The minimum Gasteiger partial charge on any atom is -0.394 e. The summed E-state index contributed by atoms with van der Waals surface area (Å²) in [6, 6.07) is 0. The number of aliphatic hydroxyl groups excluding tert-OH is 2. The molecule has 0 aromatic heterocycles. The van der Waals surface area contributed by atoms with Crippen LogP contribution in [-0.4, -0.2) is 48.0 Å². The molecule has 0 fully saturated rings. The fourth-order valence-corrected chi connectivity index (χ4v) is 0.712. The van der Waals surface area contributed by atoms with Crippen molar-refractivity contribution in [2.24, 2.45) is 0 Å². The predicted molar refractivity (Wildman–Crippen MR) is 40.8 cm³/mol. The van der Waals surface area contributed by atoms with Gasteiger partial charge in [-0.25, -0.2) is 0 Å². The highest BCUT2D eigenvalue weighted by Gasteiger charge is 2.03. The molecule has 0 rings (SSSR count). The van der Waals surface area contributed by atoms with Crippen LogP contribution in [0.3, 0.4) is 0 Å². The molecule has 0 aliphatic rings. The lowest BCUT2D eigenvalue weighted by atomic mass is 10.3. The zero-order valence-electron chi connectivity index (χ0n) is 6.32. The number of nitrogens with zero attached hydrogens (tertiary/aromatic N) is 1. The van der Waals surface area contributed by atoms with E-state index in [0.29, 0.717) is 6.54 Å². The molecule has 0 saturated heterocycles. The molecule has 0 spiro atoms. The van der Waals surface area contributed by atoms with Crippen LogP contribution in [0.5, 0.6) is 0 Å². The van der Waals surface area contributed by atoms with E-state index in [-0.39, 0.29) is 6.61 Å². The van der Waals surface area contributed by atoms with Gasteiger partial charge in [0.1, 0.15) is 0 Å². The van der Waals surface area contributed by atoms with Crippen LogP contribution < -0.4 is 0 Å². The third-order valence-electron chi connectivity index (χ3n) is 1.17. The van der Waals surface area contributed by atoms with Crippen molar-refractivity contribution in [3.8, 4) is 0 Å². The summed E-state index contributed by atoms with van der Waals surface area (Å²) in [7, 11) is 1.86. The third-order valence-corrected chi connectivity index (χ3v) is 1.17. The van der Waals surface area contributed by atoms with Crippen molar-refractivity contribution in [2.45, 2.75) is 6.10 Å². The van der Waals surface area contributed by atoms with Crippen LogP contribution in [0.2, 0.25) is 0 Å². The lowest BCUT2D eigenvalue weighted by Crippen LogP contribution is -2.31. The van der Waals surface area contributed by atoms with Crippen molar-refractivity contribution in [1.82, 2.24) is 4.90 Å². The van der Waals surface area contributed by atoms with Gasteiger partial charge in [0.2, 0.25) is 0 Å². The van der Waals surface area contributed by atoms with Gasteiger partial charge in [-0.05, 0) is 7.05 Å². The number of hydrogen-bond acceptors (Lipinski definition) is 3. The number of aliphatic hydroxyl groups is 2. The SMILES string of the molecule is C=CCN(C)C[C@@H](O)CO. The van der Waals surface area contributed by atoms with Crippen LogP contribution in [0.1, 0.15) is 0 Å². The van der Waals surface area contributed by atoms with Gasteiger partial charge in [-0.1, -0.05) is 6.08 Å². The van der Waals surface area contributed by atoms with Crippen LogP contribution in [0, 0.1) is 0 Å². The summed E-state index contributed by atoms with van der Waals surface area (Å²) < 4.78 is 0. The maximum Gasteiger partial charge on any atom is 0.0897 e. The lowest BCUT2D eigenvalue weighted by molar-refractivity contribution is 0.0695. The molecule has 1 atom stereocenters. The van der Waals surface area contributed by atoms with Crippen molar-refractivity contribution in [2.75, 3.05) is 26.7 Å². The van der Waals surface area contributed by atoms with Crippen LogP contribution in [0.15, 0.2) is 12.7 Å². The first kappa shape index (κ1) is 9.62. The summed E-state index contributed by atoms with van der Waals surface area (Å²) in [6.07, 6.45) is 1.12. The van der Waals surface area contributed by atoms with E-state index >= 15 is 0 Å². The molecule has 0 radical (unpaired) electrons. The Morgan fingerprint density at radius 2 is 2.30 bits per heavy atom. The topological polar surface area (TPSA) is 43.7 Å². The van der Waals surface area contributed by atoms with Crippen molar-refractivity contribution >= 4 is 0 Å². The molecule has 0 bridgehead atoms. The van der Waals surface area contributed by atoms with E-state index in [9.17, 15) is 0 Å². The fraction of sp³-hybridized carbons (Fsp3) is 0.714. The zero-order valence-corrected chi connectivity index (χ0v) is 6.32. The molecule has 0 amide bonds. The van der Waals surface area contributed by atoms with E-state index < -0.39 is 6.10 Å². The molecular formula is C7H15NO2. The predicted octanol–water partition coefficient (Wildman–Crippen LogP) is -0.543. The average Bonchev–Trinajstić information content (AvgIpc) is 1.88. The van der Waals surface area contributed by atoms with Gasteiger partial charge in [0, 0.05) is 13.1 Å². The highest BCUT2D eigenvalue weighted by Crippen LogP contribution is 1.87. The van der Waals surface area contributed by atoms with E-state index in [2.05, 4.69) is 6.58 Å². The molecule has 3 nitrogen and oxygen atoms in total. The zero-order chi connectivity index (χ0) is 7.98. The monoisotopic (exact) mass is 145 g/mol. The normalized spacial score (nSPS) is 13.6. The smallest absolute Gasteiger partial charge is 0.0897 e. The Morgan fingerprint density at radius 3 is 2.70 bits per heavy atom. The number of rotatable bonds is 5. The summed E-state index contributed by atoms with van der Waals surface area (Å²) >= 11 is 0. The van der Waals surface area contributed by atoms with Gasteiger partial charge in [0.25, 0.3) is 0 Å². The first-order valence-electron chi connectivity index (χ1n) is 3.29. The molecule has 0 aliphatic carbocycles. The summed E-state index contributed by atoms with van der Waals surface area (Å²) in [4.78, 5) is 1.88. The van der Waals surface area contributed by atoms with Gasteiger partial charge in [-0.3, -0.25) is 0 Å². The summed E-state index contributed by atoms with van der Waals surface area (Å²) in [5, 5.41) is 17.4. The minimum absolute atomic E-state index is 0.179. The highest BCUT2D eigenvalue weighted by molar-refractivity contribution is 4.72. The van der Waals surface area contributed by atoms with Gasteiger partial charge in [0.15, 0.2) is 0 Å². The third kappa shape index (κ3) is 4.49. The molecule has 2 N–H and O–H groups in total. The van der Waals surface area contributed by atoms with Crippen molar-refractivity contribution in [1.29, 1.82) is 0 Å². The van der Waals surface area contributed by atoms with Crippen molar-refractivity contribution < 1.29 is 10.2 Å². The quantitative estimate of drug-likeness (QED) is 0.510. The Balaban J connectivity index is 3.35. The van der Waals surface area contributed by atoms with Crippen molar-refractivity contribution in [3.63, 3.8) is 0 Å². The van der Waals surface area contributed by atoms with Gasteiger partial charge in [0.05, 0.1) is 12.7 Å². The minimum atomic E-state index is -0.634. The molecule has 0 heterocycles. The molecule has 3 heteroatoms. The Labute approximate surface area is 61.6 Å². The Hall–Kier alpha value is -0.380. The van der Waals surface area contributed by atoms with Crippen LogP contribution in [0.25, 0.3) is 0 Å². The van der Waals surface area contributed by atoms with E-state index in [1.807, 2.05) is 11.9 Å². The molecule has 60 valence electrons. The van der Waals surface area contributed by atoms with Gasteiger partial charge < -0.3 is 15.1 Å². The van der Waals surface area contributed by atoms with Crippen LogP contribution in [0.4, 0.5) is 0 Å². The summed E-state index contributed by atoms with van der Waals surface area (Å²) in [5.41, 5.74) is 0. The van der Waals surface area contributed by atoms with Gasteiger partial charge in [-0.15, -0.1) is 6.58 Å². The summed E-state index contributed by atoms with van der Waals surface area (Å²) in [6.45, 7) is 4.59. The highest BCUT2D eigenvalue weighted by atomic mass is 16.3. The largest absolute Gasteiger partial charge is 0.394 e. The average molecular weight is 145 g/mol. The lowest BCUT2D eigenvalue weighted by Gasteiger charge is -2.16. The fourth-order valence-electron chi connectivity index (χ4n) is 0.712. The van der Waals surface area contributed by atoms with E-state index in [4.69, 9.17) is 10.2 Å². The first-order chi connectivity index (χ1) is 4.70. The maximum absolute atomic E-state index is 8.93. The van der Waals surface area contributed by atoms with E-state index in [1.54, 1.807) is 6.08 Å². The molecular weight excluding hydrogens is 130 g/mol. The number of hydrogen-bond donors (Lipinski definition) is 2. The van der Waals surface area contributed by atoms with Gasteiger partial charge >= 0.3 is 0 Å². The van der Waals surface area contributed by atoms with Crippen molar-refractivity contribution in [3.05, 3.63) is 12.7 Å². The Morgan fingerprint density at radius 1 is 1.70 bits per heavy atom. The number of likely N-dealkylation sites (N-methyl/N-ethyl adjacent to an activating group) is 1. The van der Waals surface area contributed by atoms with Crippen LogP contribution >= 0.6 is 0 Å². The molecule has 0 aromatic rings. The first-order valence-corrected chi connectivity index (χ1v) is 3.29. The van der Waals surface area contributed by atoms with Gasteiger partial charge in [-0.2, -0.15) is 0 Å². The Kier molecular flexibility index (Phi) is 5.20. The molecule has 10 heavy (non-hydrogen) atoms. The summed E-state index contributed by atoms with van der Waals surface area (Å²) in [5.74, 6) is 0. The molecule has 0 unspecified atom stereocenters. The van der Waals surface area contributed by atoms with Crippen LogP contribution in [-0.2, 0) is 0 Å². The standard InChI is InChI=1S/C7H15NO2/c1-3-4-8(2)5-7(10)6-9/h3,7,9-10H,1,4-6H2,2H3/t7-/m1/s1. The Bertz CT molecular complexity index is 95.6. The van der Waals surface area contributed by atoms with E-state index in [0.717, 1.165) is 6.54 Å². The second-order valence-electron chi connectivity index (χ2n) is 2.35. The molecule has 0 aromatic carbocycles. The molecule has 0 saturated carbocycles.